The van der Waals surface area contributed by atoms with Gasteiger partial charge in [-0.05, 0) is 24.5 Å². The lowest BCUT2D eigenvalue weighted by Crippen LogP contribution is -2.46. The maximum atomic E-state index is 11.2. The lowest BCUT2D eigenvalue weighted by Gasteiger charge is -2.35. The molecule has 0 atom stereocenters. The van der Waals surface area contributed by atoms with Crippen LogP contribution in [0.15, 0.2) is 24.3 Å². The molecule has 0 aromatic heterocycles. The zero-order chi connectivity index (χ0) is 13.2. The van der Waals surface area contributed by atoms with E-state index >= 15 is 0 Å². The van der Waals surface area contributed by atoms with Crippen LogP contribution in [0.2, 0.25) is 0 Å². The highest BCUT2D eigenvalue weighted by molar-refractivity contribution is 5.89. The van der Waals surface area contributed by atoms with E-state index in [-0.39, 0.29) is 0 Å². The van der Waals surface area contributed by atoms with Crippen LogP contribution in [0.1, 0.15) is 28.8 Å². The smallest absolute Gasteiger partial charge is 0.336 e. The summed E-state index contributed by atoms with van der Waals surface area (Å²) in [6, 6.07) is 8.17. The van der Waals surface area contributed by atoms with Gasteiger partial charge in [-0.25, -0.2) is 4.79 Å². The van der Waals surface area contributed by atoms with Crippen LogP contribution in [0.4, 0.5) is 0 Å². The Bertz CT molecular complexity index is 463. The van der Waals surface area contributed by atoms with Gasteiger partial charge in [0.1, 0.15) is 0 Å². The summed E-state index contributed by atoms with van der Waals surface area (Å²) in [6.07, 6.45) is 2.73. The first-order valence-electron chi connectivity index (χ1n) is 7.01. The molecule has 0 amide bonds. The Kier molecular flexibility index (Phi) is 3.53. The van der Waals surface area contributed by atoms with Crippen LogP contribution in [0.3, 0.4) is 0 Å². The van der Waals surface area contributed by atoms with Gasteiger partial charge in [0.15, 0.2) is 0 Å². The van der Waals surface area contributed by atoms with Gasteiger partial charge in [0.2, 0.25) is 0 Å². The number of carboxylic acids is 1. The minimum atomic E-state index is -0.827. The third-order valence-electron chi connectivity index (χ3n) is 4.11. The monoisotopic (exact) mass is 260 g/mol. The van der Waals surface area contributed by atoms with E-state index in [0.29, 0.717) is 5.56 Å². The average molecular weight is 260 g/mol. The first kappa shape index (κ1) is 12.6. The molecular weight excluding hydrogens is 240 g/mol. The lowest BCUT2D eigenvalue weighted by atomic mass is 10.1. The summed E-state index contributed by atoms with van der Waals surface area (Å²) in [7, 11) is 0. The van der Waals surface area contributed by atoms with Gasteiger partial charge in [0.05, 0.1) is 5.56 Å². The molecule has 2 fully saturated rings. The highest BCUT2D eigenvalue weighted by Gasteiger charge is 2.31. The van der Waals surface area contributed by atoms with E-state index in [1.165, 1.54) is 12.8 Å². The van der Waals surface area contributed by atoms with Crippen molar-refractivity contribution in [1.29, 1.82) is 0 Å². The number of nitrogens with zero attached hydrogens (tertiary/aromatic N) is 2. The standard InChI is InChI=1S/C15H20N2O2/c18-15(19)14-4-2-1-3-12(14)11-16-7-9-17(10-8-16)13-5-6-13/h1-4,13H,5-11H2,(H,18,19). The largest absolute Gasteiger partial charge is 0.478 e. The summed E-state index contributed by atoms with van der Waals surface area (Å²) in [6.45, 7) is 5.09. The summed E-state index contributed by atoms with van der Waals surface area (Å²) in [5.41, 5.74) is 1.36. The molecule has 1 aliphatic carbocycles. The molecule has 1 N–H and O–H groups in total. The Morgan fingerprint density at radius 2 is 1.84 bits per heavy atom. The number of benzene rings is 1. The van der Waals surface area contributed by atoms with Gasteiger partial charge in [-0.1, -0.05) is 18.2 Å². The quantitative estimate of drug-likeness (QED) is 0.894. The maximum Gasteiger partial charge on any atom is 0.336 e. The number of carboxylic acid groups (broad SMARTS) is 1. The van der Waals surface area contributed by atoms with Crippen molar-refractivity contribution in [2.45, 2.75) is 25.4 Å². The SMILES string of the molecule is O=C(O)c1ccccc1CN1CCN(C2CC2)CC1. The van der Waals surface area contributed by atoms with Crippen molar-refractivity contribution in [3.05, 3.63) is 35.4 Å². The molecule has 19 heavy (non-hydrogen) atoms. The molecule has 3 rings (SSSR count). The number of aromatic carboxylic acids is 1. The molecule has 102 valence electrons. The lowest BCUT2D eigenvalue weighted by molar-refractivity contribution is 0.0692. The second kappa shape index (κ2) is 5.31. The minimum absolute atomic E-state index is 0.437. The summed E-state index contributed by atoms with van der Waals surface area (Å²) < 4.78 is 0. The second-order valence-corrected chi connectivity index (χ2v) is 5.51. The van der Waals surface area contributed by atoms with Crippen LogP contribution < -0.4 is 0 Å². The molecule has 1 aliphatic heterocycles. The molecule has 0 unspecified atom stereocenters. The van der Waals surface area contributed by atoms with Crippen LogP contribution in [-0.2, 0) is 6.54 Å². The third kappa shape index (κ3) is 2.96. The Morgan fingerprint density at radius 3 is 2.47 bits per heavy atom. The molecule has 0 spiro atoms. The molecular formula is C15H20N2O2. The van der Waals surface area contributed by atoms with Gasteiger partial charge < -0.3 is 5.11 Å². The van der Waals surface area contributed by atoms with Crippen LogP contribution in [-0.4, -0.2) is 53.1 Å². The van der Waals surface area contributed by atoms with E-state index in [2.05, 4.69) is 9.80 Å². The third-order valence-corrected chi connectivity index (χ3v) is 4.11. The molecule has 4 nitrogen and oxygen atoms in total. The van der Waals surface area contributed by atoms with E-state index in [1.54, 1.807) is 12.1 Å². The minimum Gasteiger partial charge on any atom is -0.478 e. The van der Waals surface area contributed by atoms with Crippen molar-refractivity contribution in [2.24, 2.45) is 0 Å². The van der Waals surface area contributed by atoms with Crippen LogP contribution >= 0.6 is 0 Å². The molecule has 1 aromatic rings. The van der Waals surface area contributed by atoms with Gasteiger partial charge in [-0.3, -0.25) is 9.80 Å². The Labute approximate surface area is 113 Å². The van der Waals surface area contributed by atoms with E-state index in [9.17, 15) is 9.90 Å². The van der Waals surface area contributed by atoms with Gasteiger partial charge >= 0.3 is 5.97 Å². The van der Waals surface area contributed by atoms with Crippen LogP contribution in [0, 0.1) is 0 Å². The van der Waals surface area contributed by atoms with Crippen LogP contribution in [0.5, 0.6) is 0 Å². The van der Waals surface area contributed by atoms with Gasteiger partial charge in [-0.2, -0.15) is 0 Å². The number of hydrogen-bond acceptors (Lipinski definition) is 3. The molecule has 1 saturated carbocycles. The molecule has 4 heteroatoms. The van der Waals surface area contributed by atoms with E-state index in [1.807, 2.05) is 12.1 Å². The van der Waals surface area contributed by atoms with E-state index in [4.69, 9.17) is 0 Å². The van der Waals surface area contributed by atoms with Crippen molar-refractivity contribution < 1.29 is 9.90 Å². The average Bonchev–Trinajstić information content (AvgIpc) is 3.24. The number of piperazine rings is 1. The van der Waals surface area contributed by atoms with Gasteiger partial charge in [-0.15, -0.1) is 0 Å². The Balaban J connectivity index is 1.61. The Morgan fingerprint density at radius 1 is 1.16 bits per heavy atom. The molecule has 1 saturated heterocycles. The van der Waals surface area contributed by atoms with Crippen molar-refractivity contribution in [2.75, 3.05) is 26.2 Å². The predicted octanol–water partition coefficient (Wildman–Crippen LogP) is 1.66. The summed E-state index contributed by atoms with van der Waals surface area (Å²) >= 11 is 0. The fourth-order valence-corrected chi connectivity index (χ4v) is 2.83. The van der Waals surface area contributed by atoms with Gasteiger partial charge in [0.25, 0.3) is 0 Å². The summed E-state index contributed by atoms with van der Waals surface area (Å²) in [5, 5.41) is 9.19. The fourth-order valence-electron chi connectivity index (χ4n) is 2.83. The topological polar surface area (TPSA) is 43.8 Å². The molecule has 0 bridgehead atoms. The second-order valence-electron chi connectivity index (χ2n) is 5.51. The number of rotatable bonds is 4. The number of hydrogen-bond donors (Lipinski definition) is 1. The van der Waals surface area contributed by atoms with Crippen molar-refractivity contribution in [3.63, 3.8) is 0 Å². The number of carbonyl (C=O) groups is 1. The first-order valence-corrected chi connectivity index (χ1v) is 7.01. The Hall–Kier alpha value is -1.39. The van der Waals surface area contributed by atoms with Crippen molar-refractivity contribution in [1.82, 2.24) is 9.80 Å². The molecule has 0 radical (unpaired) electrons. The zero-order valence-electron chi connectivity index (χ0n) is 11.1. The predicted molar refractivity (Wildman–Crippen MR) is 73.3 cm³/mol. The summed E-state index contributed by atoms with van der Waals surface area (Å²) in [4.78, 5) is 16.1. The highest BCUT2D eigenvalue weighted by Crippen LogP contribution is 2.27. The van der Waals surface area contributed by atoms with Crippen molar-refractivity contribution in [3.8, 4) is 0 Å². The fraction of sp³-hybridized carbons (Fsp3) is 0.533. The molecule has 1 aromatic carbocycles. The highest BCUT2D eigenvalue weighted by atomic mass is 16.4. The zero-order valence-corrected chi connectivity index (χ0v) is 11.1. The normalized spacial score (nSPS) is 21.5. The van der Waals surface area contributed by atoms with Crippen molar-refractivity contribution >= 4 is 5.97 Å². The van der Waals surface area contributed by atoms with E-state index < -0.39 is 5.97 Å². The molecule has 2 aliphatic rings. The van der Waals surface area contributed by atoms with Crippen LogP contribution in [0.25, 0.3) is 0 Å². The first-order chi connectivity index (χ1) is 9.24. The summed E-state index contributed by atoms with van der Waals surface area (Å²) in [5.74, 6) is -0.827. The van der Waals surface area contributed by atoms with Gasteiger partial charge in [0, 0.05) is 38.8 Å². The molecule has 1 heterocycles. The maximum absolute atomic E-state index is 11.2. The van der Waals surface area contributed by atoms with E-state index in [0.717, 1.165) is 44.3 Å².